The molecule has 2 rings (SSSR count). The number of benzene rings is 2. The summed E-state index contributed by atoms with van der Waals surface area (Å²) in [4.78, 5) is 0.181. The van der Waals surface area contributed by atoms with E-state index in [4.69, 9.17) is 0 Å². The number of rotatable bonds is 4. The van der Waals surface area contributed by atoms with Gasteiger partial charge in [0.05, 0.1) is 10.6 Å². The van der Waals surface area contributed by atoms with Gasteiger partial charge >= 0.3 is 0 Å². The smallest absolute Gasteiger partial charge is 0.261 e. The lowest BCUT2D eigenvalue weighted by atomic mass is 10.2. The van der Waals surface area contributed by atoms with Gasteiger partial charge in [-0.25, -0.2) is 8.42 Å². The van der Waals surface area contributed by atoms with Gasteiger partial charge in [-0.15, -0.1) is 0 Å². The maximum absolute atomic E-state index is 12.1. The lowest BCUT2D eigenvalue weighted by molar-refractivity contribution is 0.475. The van der Waals surface area contributed by atoms with Crippen molar-refractivity contribution in [1.82, 2.24) is 0 Å². The molecule has 0 aromatic heterocycles. The molecule has 19 heavy (non-hydrogen) atoms. The Morgan fingerprint density at radius 1 is 1.11 bits per heavy atom. The lowest BCUT2D eigenvalue weighted by Crippen LogP contribution is -2.12. The zero-order valence-corrected chi connectivity index (χ0v) is 12.3. The summed E-state index contributed by atoms with van der Waals surface area (Å²) in [6.45, 7) is 0. The van der Waals surface area contributed by atoms with Gasteiger partial charge in [-0.3, -0.25) is 4.72 Å². The molecule has 0 amide bonds. The predicted molar refractivity (Wildman–Crippen MR) is 78.0 cm³/mol. The number of phenolic OH excluding ortho intramolecular Hbond substituents is 1. The van der Waals surface area contributed by atoms with Crippen LogP contribution in [0, 0.1) is 0 Å². The van der Waals surface area contributed by atoms with Crippen molar-refractivity contribution in [2.45, 2.75) is 10.2 Å². The summed E-state index contributed by atoms with van der Waals surface area (Å²) < 4.78 is 26.6. The van der Waals surface area contributed by atoms with Crippen molar-refractivity contribution >= 4 is 31.6 Å². The third-order valence-corrected chi connectivity index (χ3v) is 4.53. The van der Waals surface area contributed by atoms with Crippen LogP contribution in [0.1, 0.15) is 5.56 Å². The van der Waals surface area contributed by atoms with Crippen LogP contribution in [0.3, 0.4) is 0 Å². The monoisotopic (exact) mass is 341 g/mol. The van der Waals surface area contributed by atoms with Gasteiger partial charge in [0, 0.05) is 11.4 Å². The molecule has 0 spiro atoms. The van der Waals surface area contributed by atoms with Crippen LogP contribution in [-0.4, -0.2) is 13.5 Å². The lowest BCUT2D eigenvalue weighted by Gasteiger charge is -2.08. The third kappa shape index (κ3) is 3.48. The number of nitrogens with one attached hydrogen (secondary N) is 1. The second-order valence-corrected chi connectivity index (χ2v) is 6.18. The molecule has 100 valence electrons. The quantitative estimate of drug-likeness (QED) is 0.839. The van der Waals surface area contributed by atoms with Crippen molar-refractivity contribution in [1.29, 1.82) is 0 Å². The Kier molecular flexibility index (Phi) is 4.11. The van der Waals surface area contributed by atoms with Crippen LogP contribution in [0.15, 0.2) is 53.4 Å². The first kappa shape index (κ1) is 13.9. The summed E-state index contributed by atoms with van der Waals surface area (Å²) in [7, 11) is -3.63. The van der Waals surface area contributed by atoms with Crippen LogP contribution in [0.4, 0.5) is 5.69 Å². The molecule has 4 nitrogen and oxygen atoms in total. The Morgan fingerprint density at radius 3 is 2.37 bits per heavy atom. The zero-order chi connectivity index (χ0) is 13.9. The van der Waals surface area contributed by atoms with Gasteiger partial charge in [0.15, 0.2) is 0 Å². The first-order valence-corrected chi connectivity index (χ1v) is 8.08. The van der Waals surface area contributed by atoms with Crippen molar-refractivity contribution in [2.24, 2.45) is 0 Å². The van der Waals surface area contributed by atoms with E-state index in [0.29, 0.717) is 11.0 Å². The molecule has 0 unspecified atom stereocenters. The molecule has 0 aliphatic heterocycles. The van der Waals surface area contributed by atoms with Crippen LogP contribution in [-0.2, 0) is 15.4 Å². The fourth-order valence-corrected chi connectivity index (χ4v) is 2.96. The van der Waals surface area contributed by atoms with E-state index >= 15 is 0 Å². The fourth-order valence-electron chi connectivity index (χ4n) is 1.54. The molecule has 2 aromatic carbocycles. The summed E-state index contributed by atoms with van der Waals surface area (Å²) in [5, 5.41) is 9.98. The Hall–Kier alpha value is -1.53. The van der Waals surface area contributed by atoms with Crippen molar-refractivity contribution in [2.75, 3.05) is 4.72 Å². The van der Waals surface area contributed by atoms with Gasteiger partial charge in [0.25, 0.3) is 10.0 Å². The van der Waals surface area contributed by atoms with E-state index in [1.807, 2.05) is 0 Å². The summed E-state index contributed by atoms with van der Waals surface area (Å²) in [5.74, 6) is 0.00911. The van der Waals surface area contributed by atoms with Crippen molar-refractivity contribution in [3.05, 3.63) is 54.1 Å². The number of hydrogen-bond donors (Lipinski definition) is 2. The number of phenols is 1. The van der Waals surface area contributed by atoms with E-state index in [2.05, 4.69) is 20.7 Å². The minimum absolute atomic E-state index is 0.00911. The van der Waals surface area contributed by atoms with E-state index in [1.165, 1.54) is 12.1 Å². The fraction of sp³-hybridized carbons (Fsp3) is 0.0769. The molecule has 0 heterocycles. The van der Waals surface area contributed by atoms with E-state index < -0.39 is 10.0 Å². The molecule has 0 bridgehead atoms. The van der Waals surface area contributed by atoms with Crippen LogP contribution in [0.25, 0.3) is 0 Å². The first-order valence-electron chi connectivity index (χ1n) is 5.48. The highest BCUT2D eigenvalue weighted by molar-refractivity contribution is 9.08. The highest BCUT2D eigenvalue weighted by atomic mass is 79.9. The Balaban J connectivity index is 2.27. The molecule has 6 heteroatoms. The molecule has 0 atom stereocenters. The zero-order valence-electron chi connectivity index (χ0n) is 9.88. The standard InChI is InChI=1S/C13H12BrNO3S/c14-9-10-4-6-13(7-5-10)19(17,18)15-11-2-1-3-12(16)8-11/h1-8,15-16H,9H2. The maximum Gasteiger partial charge on any atom is 0.261 e. The molecule has 0 aliphatic rings. The van der Waals surface area contributed by atoms with Crippen LogP contribution >= 0.6 is 15.9 Å². The van der Waals surface area contributed by atoms with Gasteiger partial charge in [-0.2, -0.15) is 0 Å². The minimum atomic E-state index is -3.63. The van der Waals surface area contributed by atoms with Gasteiger partial charge < -0.3 is 5.11 Å². The Morgan fingerprint density at radius 2 is 1.79 bits per heavy atom. The van der Waals surface area contributed by atoms with Crippen LogP contribution < -0.4 is 4.72 Å². The molecular weight excluding hydrogens is 330 g/mol. The molecule has 2 aromatic rings. The van der Waals surface area contributed by atoms with E-state index in [0.717, 1.165) is 5.56 Å². The summed E-state index contributed by atoms with van der Waals surface area (Å²) in [5.41, 5.74) is 1.32. The van der Waals surface area contributed by atoms with Crippen molar-refractivity contribution in [3.63, 3.8) is 0 Å². The first-order chi connectivity index (χ1) is 9.01. The summed E-state index contributed by atoms with van der Waals surface area (Å²) in [6.07, 6.45) is 0. The topological polar surface area (TPSA) is 66.4 Å². The van der Waals surface area contributed by atoms with Crippen molar-refractivity contribution in [3.8, 4) is 5.75 Å². The SMILES string of the molecule is O=S(=O)(Nc1cccc(O)c1)c1ccc(CBr)cc1. The second kappa shape index (κ2) is 5.63. The molecule has 0 radical (unpaired) electrons. The molecule has 0 fully saturated rings. The van der Waals surface area contributed by atoms with E-state index in [-0.39, 0.29) is 10.6 Å². The largest absolute Gasteiger partial charge is 0.508 e. The number of alkyl halides is 1. The average molecular weight is 342 g/mol. The summed E-state index contributed by atoms with van der Waals surface area (Å²) in [6, 6.07) is 12.5. The average Bonchev–Trinajstić information content (AvgIpc) is 2.38. The number of aromatic hydroxyl groups is 1. The normalized spacial score (nSPS) is 11.2. The molecule has 0 aliphatic carbocycles. The molecule has 2 N–H and O–H groups in total. The number of hydrogen-bond acceptors (Lipinski definition) is 3. The highest BCUT2D eigenvalue weighted by Crippen LogP contribution is 2.20. The minimum Gasteiger partial charge on any atom is -0.508 e. The molecule has 0 saturated carbocycles. The number of anilines is 1. The van der Waals surface area contributed by atoms with Crippen LogP contribution in [0.2, 0.25) is 0 Å². The number of halogens is 1. The maximum atomic E-state index is 12.1. The molecular formula is C13H12BrNO3S. The van der Waals surface area contributed by atoms with E-state index in [1.54, 1.807) is 36.4 Å². The van der Waals surface area contributed by atoms with Crippen LogP contribution in [0.5, 0.6) is 5.75 Å². The second-order valence-electron chi connectivity index (χ2n) is 3.93. The molecule has 0 saturated heterocycles. The highest BCUT2D eigenvalue weighted by Gasteiger charge is 2.13. The third-order valence-electron chi connectivity index (χ3n) is 2.49. The summed E-state index contributed by atoms with van der Waals surface area (Å²) >= 11 is 3.30. The predicted octanol–water partition coefficient (Wildman–Crippen LogP) is 3.09. The van der Waals surface area contributed by atoms with Crippen molar-refractivity contribution < 1.29 is 13.5 Å². The Labute approximate surface area is 120 Å². The number of sulfonamides is 1. The van der Waals surface area contributed by atoms with Gasteiger partial charge in [0.1, 0.15) is 5.75 Å². The van der Waals surface area contributed by atoms with E-state index in [9.17, 15) is 13.5 Å². The van der Waals surface area contributed by atoms with Gasteiger partial charge in [-0.05, 0) is 29.8 Å². The van der Waals surface area contributed by atoms with Gasteiger partial charge in [-0.1, -0.05) is 34.1 Å². The Bertz CT molecular complexity index is 669. The van der Waals surface area contributed by atoms with Gasteiger partial charge in [0.2, 0.25) is 0 Å².